The third-order valence-corrected chi connectivity index (χ3v) is 3.72. The van der Waals surface area contributed by atoms with E-state index in [4.69, 9.17) is 0 Å². The number of hydrogen-bond acceptors (Lipinski definition) is 3. The minimum absolute atomic E-state index is 0.460. The summed E-state index contributed by atoms with van der Waals surface area (Å²) in [6.07, 6.45) is 9.34. The van der Waals surface area contributed by atoms with E-state index >= 15 is 0 Å². The van der Waals surface area contributed by atoms with Crippen molar-refractivity contribution in [2.24, 2.45) is 0 Å². The molecule has 116 valence electrons. The fourth-order valence-corrected chi connectivity index (χ4v) is 2.22. The highest BCUT2D eigenvalue weighted by Crippen LogP contribution is 2.10. The Balaban J connectivity index is 1.85. The zero-order valence-corrected chi connectivity index (χ0v) is 13.4. The van der Waals surface area contributed by atoms with Gasteiger partial charge >= 0.3 is 0 Å². The molecule has 21 heavy (non-hydrogen) atoms. The van der Waals surface area contributed by atoms with Crippen LogP contribution in [0.15, 0.2) is 24.8 Å². The van der Waals surface area contributed by atoms with Crippen molar-refractivity contribution < 1.29 is 0 Å². The van der Waals surface area contributed by atoms with Gasteiger partial charge in [0.1, 0.15) is 0 Å². The second kappa shape index (κ2) is 7.98. The lowest BCUT2D eigenvalue weighted by molar-refractivity contribution is 0.472. The van der Waals surface area contributed by atoms with E-state index in [9.17, 15) is 0 Å². The predicted molar refractivity (Wildman–Crippen MR) is 85.4 cm³/mol. The topological polar surface area (TPSA) is 47.7 Å². The minimum atomic E-state index is 0.460. The molecule has 0 aliphatic rings. The highest BCUT2D eigenvalue weighted by molar-refractivity contribution is 5.04. The number of imidazole rings is 1. The van der Waals surface area contributed by atoms with E-state index in [1.807, 2.05) is 11.0 Å². The van der Waals surface area contributed by atoms with Crippen molar-refractivity contribution in [3.05, 3.63) is 36.2 Å². The van der Waals surface area contributed by atoms with Gasteiger partial charge in [0.15, 0.2) is 0 Å². The summed E-state index contributed by atoms with van der Waals surface area (Å²) in [6.45, 7) is 9.41. The number of aromatic nitrogens is 4. The van der Waals surface area contributed by atoms with Gasteiger partial charge < -0.3 is 9.88 Å². The summed E-state index contributed by atoms with van der Waals surface area (Å²) in [4.78, 5) is 4.46. The molecule has 5 nitrogen and oxygen atoms in total. The van der Waals surface area contributed by atoms with E-state index < -0.39 is 0 Å². The molecule has 2 heterocycles. The largest absolute Gasteiger partial charge is 0.331 e. The fraction of sp³-hybridized carbons (Fsp3) is 0.625. The molecule has 5 heteroatoms. The summed E-state index contributed by atoms with van der Waals surface area (Å²) in [6, 6.07) is 2.55. The van der Waals surface area contributed by atoms with Crippen LogP contribution in [0.1, 0.15) is 51.0 Å². The maximum Gasteiger partial charge on any atom is 0.0953 e. The van der Waals surface area contributed by atoms with Gasteiger partial charge in [-0.25, -0.2) is 4.98 Å². The van der Waals surface area contributed by atoms with Crippen molar-refractivity contribution in [2.75, 3.05) is 13.1 Å². The summed E-state index contributed by atoms with van der Waals surface area (Å²) in [5.74, 6) is 0. The average Bonchev–Trinajstić information content (AvgIpc) is 3.13. The molecule has 0 spiro atoms. The molecule has 0 aliphatic carbocycles. The van der Waals surface area contributed by atoms with Crippen LogP contribution < -0.4 is 5.32 Å². The molecule has 2 aromatic rings. The Kier molecular flexibility index (Phi) is 5.99. The molecule has 2 rings (SSSR count). The molecular weight excluding hydrogens is 262 g/mol. The Morgan fingerprint density at radius 3 is 2.86 bits per heavy atom. The molecule has 1 atom stereocenters. The minimum Gasteiger partial charge on any atom is -0.331 e. The third-order valence-electron chi connectivity index (χ3n) is 3.72. The summed E-state index contributed by atoms with van der Waals surface area (Å²) in [7, 11) is 0. The highest BCUT2D eigenvalue weighted by atomic mass is 15.3. The molecule has 0 fully saturated rings. The zero-order valence-electron chi connectivity index (χ0n) is 13.4. The van der Waals surface area contributed by atoms with Crippen LogP contribution in [-0.4, -0.2) is 32.4 Å². The lowest BCUT2D eigenvalue weighted by Gasteiger charge is -2.08. The molecule has 1 unspecified atom stereocenters. The smallest absolute Gasteiger partial charge is 0.0953 e. The molecule has 0 saturated heterocycles. The first-order chi connectivity index (χ1) is 10.2. The normalized spacial score (nSPS) is 12.7. The second-order valence-corrected chi connectivity index (χ2v) is 5.58. The molecule has 0 amide bonds. The lowest BCUT2D eigenvalue weighted by atomic mass is 10.3. The van der Waals surface area contributed by atoms with Crippen molar-refractivity contribution in [1.29, 1.82) is 0 Å². The van der Waals surface area contributed by atoms with Gasteiger partial charge in [0.25, 0.3) is 0 Å². The van der Waals surface area contributed by atoms with Gasteiger partial charge in [0.05, 0.1) is 24.3 Å². The molecule has 0 aliphatic heterocycles. The van der Waals surface area contributed by atoms with Crippen LogP contribution in [0.4, 0.5) is 0 Å². The van der Waals surface area contributed by atoms with Crippen molar-refractivity contribution >= 4 is 0 Å². The zero-order chi connectivity index (χ0) is 15.1. The summed E-state index contributed by atoms with van der Waals surface area (Å²) in [5.41, 5.74) is 2.23. The Labute approximate surface area is 127 Å². The Bertz CT molecular complexity index is 528. The van der Waals surface area contributed by atoms with Crippen molar-refractivity contribution in [3.63, 3.8) is 0 Å². The van der Waals surface area contributed by atoms with E-state index in [2.05, 4.69) is 59.2 Å². The van der Waals surface area contributed by atoms with Gasteiger partial charge in [-0.15, -0.1) is 0 Å². The molecule has 2 aromatic heterocycles. The SMILES string of the molecule is CCCNCCc1cn(Cc2ccn(C(C)CC)n2)cn1. The van der Waals surface area contributed by atoms with E-state index in [-0.39, 0.29) is 0 Å². The van der Waals surface area contributed by atoms with Crippen LogP contribution in [0.5, 0.6) is 0 Å². The summed E-state index contributed by atoms with van der Waals surface area (Å²) < 4.78 is 4.15. The molecule has 1 N–H and O–H groups in total. The third kappa shape index (κ3) is 4.70. The van der Waals surface area contributed by atoms with Crippen molar-refractivity contribution in [1.82, 2.24) is 24.6 Å². The van der Waals surface area contributed by atoms with Gasteiger partial charge in [-0.05, 0) is 32.4 Å². The van der Waals surface area contributed by atoms with Crippen LogP contribution in [0, 0.1) is 0 Å². The number of hydrogen-bond donors (Lipinski definition) is 1. The van der Waals surface area contributed by atoms with Gasteiger partial charge in [-0.2, -0.15) is 5.10 Å². The summed E-state index contributed by atoms with van der Waals surface area (Å²) in [5, 5.41) is 8.03. The predicted octanol–water partition coefficient (Wildman–Crippen LogP) is 2.64. The molecule has 0 bridgehead atoms. The van der Waals surface area contributed by atoms with Crippen LogP contribution in [0.2, 0.25) is 0 Å². The van der Waals surface area contributed by atoms with Crippen LogP contribution in [0.3, 0.4) is 0 Å². The monoisotopic (exact) mass is 289 g/mol. The standard InChI is InChI=1S/C16H27N5/c1-4-8-17-9-6-15-11-20(13-18-15)12-16-7-10-21(19-16)14(3)5-2/h7,10-11,13-14,17H,4-6,8-9,12H2,1-3H3. The van der Waals surface area contributed by atoms with Gasteiger partial charge in [-0.3, -0.25) is 4.68 Å². The van der Waals surface area contributed by atoms with E-state index in [1.165, 1.54) is 6.42 Å². The average molecular weight is 289 g/mol. The van der Waals surface area contributed by atoms with Crippen molar-refractivity contribution in [2.45, 2.75) is 52.6 Å². The van der Waals surface area contributed by atoms with Crippen LogP contribution in [0.25, 0.3) is 0 Å². The fourth-order valence-electron chi connectivity index (χ4n) is 2.22. The highest BCUT2D eigenvalue weighted by Gasteiger charge is 2.06. The first-order valence-electron chi connectivity index (χ1n) is 7.98. The quantitative estimate of drug-likeness (QED) is 0.722. The van der Waals surface area contributed by atoms with Crippen LogP contribution in [-0.2, 0) is 13.0 Å². The van der Waals surface area contributed by atoms with Gasteiger partial charge in [0, 0.05) is 31.4 Å². The Morgan fingerprint density at radius 1 is 1.24 bits per heavy atom. The molecule has 0 radical (unpaired) electrons. The lowest BCUT2D eigenvalue weighted by Crippen LogP contribution is -2.17. The molecular formula is C16H27N5. The van der Waals surface area contributed by atoms with E-state index in [0.29, 0.717) is 6.04 Å². The Hall–Kier alpha value is -1.62. The maximum absolute atomic E-state index is 4.63. The second-order valence-electron chi connectivity index (χ2n) is 5.58. The first-order valence-corrected chi connectivity index (χ1v) is 7.98. The number of rotatable bonds is 9. The molecule has 0 aromatic carbocycles. The maximum atomic E-state index is 4.63. The Morgan fingerprint density at radius 2 is 2.10 bits per heavy atom. The molecule has 0 saturated carbocycles. The number of nitrogens with one attached hydrogen (secondary N) is 1. The first kappa shape index (κ1) is 15.8. The van der Waals surface area contributed by atoms with Crippen LogP contribution >= 0.6 is 0 Å². The summed E-state index contributed by atoms with van der Waals surface area (Å²) >= 11 is 0. The van der Waals surface area contributed by atoms with Gasteiger partial charge in [-0.1, -0.05) is 13.8 Å². The van der Waals surface area contributed by atoms with E-state index in [1.54, 1.807) is 0 Å². The van der Waals surface area contributed by atoms with E-state index in [0.717, 1.165) is 43.9 Å². The van der Waals surface area contributed by atoms with Gasteiger partial charge in [0.2, 0.25) is 0 Å². The van der Waals surface area contributed by atoms with Crippen molar-refractivity contribution in [3.8, 4) is 0 Å². The number of nitrogens with zero attached hydrogens (tertiary/aromatic N) is 4.